The molecule has 1 atom stereocenters. The third kappa shape index (κ3) is 6.42. The van der Waals surface area contributed by atoms with Crippen LogP contribution in [0.2, 0.25) is 0 Å². The van der Waals surface area contributed by atoms with Gasteiger partial charge in [-0.3, -0.25) is 9.89 Å². The summed E-state index contributed by atoms with van der Waals surface area (Å²) in [4.78, 5) is 8.34. The molecule has 1 saturated heterocycles. The molecule has 2 N–H and O–H groups in total. The first-order valence-electron chi connectivity index (χ1n) is 9.00. The average Bonchev–Trinajstić information content (AvgIpc) is 3.26. The maximum atomic E-state index is 5.60. The van der Waals surface area contributed by atoms with Gasteiger partial charge in [-0.05, 0) is 43.3 Å². The Morgan fingerprint density at radius 3 is 2.75 bits per heavy atom. The lowest BCUT2D eigenvalue weighted by molar-refractivity contribution is 0.114. The molecule has 24 heavy (non-hydrogen) atoms. The Morgan fingerprint density at radius 1 is 1.33 bits per heavy atom. The summed E-state index contributed by atoms with van der Waals surface area (Å²) >= 11 is 1.84. The van der Waals surface area contributed by atoms with Gasteiger partial charge in [-0.1, -0.05) is 19.9 Å². The number of rotatable bonds is 9. The lowest BCUT2D eigenvalue weighted by Gasteiger charge is -2.27. The van der Waals surface area contributed by atoms with E-state index in [1.807, 2.05) is 18.4 Å². The topological polar surface area (TPSA) is 48.9 Å². The molecule has 0 amide bonds. The summed E-state index contributed by atoms with van der Waals surface area (Å²) in [5.41, 5.74) is 0. The van der Waals surface area contributed by atoms with E-state index in [9.17, 15) is 0 Å². The number of nitrogens with one attached hydrogen (secondary N) is 2. The highest BCUT2D eigenvalue weighted by molar-refractivity contribution is 7.10. The molecule has 1 fully saturated rings. The van der Waals surface area contributed by atoms with Gasteiger partial charge >= 0.3 is 0 Å². The van der Waals surface area contributed by atoms with Crippen molar-refractivity contribution in [3.8, 4) is 0 Å². The van der Waals surface area contributed by atoms with Crippen LogP contribution in [-0.4, -0.2) is 57.3 Å². The van der Waals surface area contributed by atoms with Gasteiger partial charge in [-0.2, -0.15) is 0 Å². The number of thiophene rings is 1. The van der Waals surface area contributed by atoms with Gasteiger partial charge in [0.25, 0.3) is 0 Å². The molecule has 0 radical (unpaired) electrons. The van der Waals surface area contributed by atoms with E-state index < -0.39 is 0 Å². The van der Waals surface area contributed by atoms with Gasteiger partial charge in [-0.15, -0.1) is 11.3 Å². The monoisotopic (exact) mass is 352 g/mol. The Balaban J connectivity index is 1.77. The van der Waals surface area contributed by atoms with Crippen LogP contribution in [0, 0.1) is 5.92 Å². The van der Waals surface area contributed by atoms with E-state index in [2.05, 4.69) is 51.9 Å². The average molecular weight is 353 g/mol. The zero-order valence-electron chi connectivity index (χ0n) is 15.3. The Hall–Kier alpha value is -1.11. The number of ether oxygens (including phenoxy) is 1. The standard InChI is InChI=1S/C18H32N4OS/c1-15(2)14-23-11-8-20-18(19-3)21-13-16(17-7-6-12-24-17)22-9-4-5-10-22/h6-7,12,15-16H,4-5,8-11,13-14H2,1-3H3,(H2,19,20,21). The SMILES string of the molecule is CN=C(NCCOCC(C)C)NCC(c1cccs1)N1CCCC1. The molecule has 0 aromatic carbocycles. The third-order valence-corrected chi connectivity index (χ3v) is 5.10. The molecule has 0 saturated carbocycles. The largest absolute Gasteiger partial charge is 0.379 e. The van der Waals surface area contributed by atoms with Crippen molar-refractivity contribution in [1.29, 1.82) is 0 Å². The molecular weight excluding hydrogens is 320 g/mol. The van der Waals surface area contributed by atoms with Crippen LogP contribution in [0.15, 0.2) is 22.5 Å². The van der Waals surface area contributed by atoms with Gasteiger partial charge in [0.05, 0.1) is 12.6 Å². The van der Waals surface area contributed by atoms with Gasteiger partial charge in [0.1, 0.15) is 0 Å². The first-order chi connectivity index (χ1) is 11.7. The number of hydrogen-bond donors (Lipinski definition) is 2. The van der Waals surface area contributed by atoms with E-state index in [0.29, 0.717) is 18.6 Å². The summed E-state index contributed by atoms with van der Waals surface area (Å²) in [7, 11) is 1.82. The van der Waals surface area contributed by atoms with E-state index in [0.717, 1.165) is 25.7 Å². The van der Waals surface area contributed by atoms with Crippen LogP contribution in [0.5, 0.6) is 0 Å². The van der Waals surface area contributed by atoms with Crippen LogP contribution in [0.3, 0.4) is 0 Å². The lowest BCUT2D eigenvalue weighted by atomic mass is 10.2. The Labute approximate surface area is 150 Å². The zero-order valence-corrected chi connectivity index (χ0v) is 16.1. The van der Waals surface area contributed by atoms with Crippen molar-refractivity contribution < 1.29 is 4.74 Å². The molecule has 1 aliphatic rings. The normalized spacial score (nSPS) is 17.4. The van der Waals surface area contributed by atoms with E-state index in [1.165, 1.54) is 30.8 Å². The molecule has 1 unspecified atom stereocenters. The van der Waals surface area contributed by atoms with Crippen LogP contribution in [0.4, 0.5) is 0 Å². The predicted octanol–water partition coefficient (Wildman–Crippen LogP) is 2.72. The molecule has 136 valence electrons. The van der Waals surface area contributed by atoms with Crippen LogP contribution in [0.25, 0.3) is 0 Å². The molecule has 0 spiro atoms. The van der Waals surface area contributed by atoms with Crippen molar-refractivity contribution in [2.45, 2.75) is 32.7 Å². The Morgan fingerprint density at radius 2 is 2.12 bits per heavy atom. The second-order valence-electron chi connectivity index (χ2n) is 6.62. The molecule has 5 nitrogen and oxygen atoms in total. The van der Waals surface area contributed by atoms with Gasteiger partial charge in [-0.25, -0.2) is 0 Å². The molecule has 0 bridgehead atoms. The van der Waals surface area contributed by atoms with Crippen molar-refractivity contribution in [2.24, 2.45) is 10.9 Å². The number of aliphatic imine (C=N–C) groups is 1. The number of nitrogens with zero attached hydrogens (tertiary/aromatic N) is 2. The quantitative estimate of drug-likeness (QED) is 0.408. The minimum Gasteiger partial charge on any atom is -0.379 e. The minimum atomic E-state index is 0.434. The van der Waals surface area contributed by atoms with Gasteiger partial charge in [0, 0.05) is 31.6 Å². The lowest BCUT2D eigenvalue weighted by Crippen LogP contribution is -2.43. The van der Waals surface area contributed by atoms with Crippen molar-refractivity contribution in [3.63, 3.8) is 0 Å². The highest BCUT2D eigenvalue weighted by Gasteiger charge is 2.24. The van der Waals surface area contributed by atoms with Crippen molar-refractivity contribution in [3.05, 3.63) is 22.4 Å². The number of guanidine groups is 1. The highest BCUT2D eigenvalue weighted by Crippen LogP contribution is 2.27. The fourth-order valence-electron chi connectivity index (χ4n) is 2.92. The van der Waals surface area contributed by atoms with Gasteiger partial charge in [0.15, 0.2) is 5.96 Å². The van der Waals surface area contributed by atoms with Crippen LogP contribution in [0.1, 0.15) is 37.6 Å². The summed E-state index contributed by atoms with van der Waals surface area (Å²) in [6, 6.07) is 4.82. The smallest absolute Gasteiger partial charge is 0.191 e. The summed E-state index contributed by atoms with van der Waals surface area (Å²) in [5.74, 6) is 1.43. The van der Waals surface area contributed by atoms with Gasteiger partial charge < -0.3 is 15.4 Å². The van der Waals surface area contributed by atoms with Gasteiger partial charge in [0.2, 0.25) is 0 Å². The third-order valence-electron chi connectivity index (χ3n) is 4.13. The molecule has 1 aromatic rings. The van der Waals surface area contributed by atoms with Crippen molar-refractivity contribution >= 4 is 17.3 Å². The molecule has 1 aliphatic heterocycles. The molecule has 6 heteroatoms. The summed E-state index contributed by atoms with van der Waals surface area (Å²) in [5, 5.41) is 8.98. The molecule has 2 rings (SSSR count). The predicted molar refractivity (Wildman–Crippen MR) is 103 cm³/mol. The Kier molecular flexibility index (Phi) is 8.56. The van der Waals surface area contributed by atoms with E-state index in [1.54, 1.807) is 0 Å². The molecule has 2 heterocycles. The number of likely N-dealkylation sites (tertiary alicyclic amines) is 1. The van der Waals surface area contributed by atoms with Crippen molar-refractivity contribution in [1.82, 2.24) is 15.5 Å². The molecule has 1 aromatic heterocycles. The van der Waals surface area contributed by atoms with Crippen LogP contribution < -0.4 is 10.6 Å². The van der Waals surface area contributed by atoms with E-state index in [4.69, 9.17) is 4.74 Å². The molecule has 0 aliphatic carbocycles. The van der Waals surface area contributed by atoms with Crippen LogP contribution in [-0.2, 0) is 4.74 Å². The molecular formula is C18H32N4OS. The van der Waals surface area contributed by atoms with Crippen molar-refractivity contribution in [2.75, 3.05) is 46.4 Å². The first kappa shape index (κ1) is 19.2. The summed E-state index contributed by atoms with van der Waals surface area (Å²) in [6.45, 7) is 9.89. The minimum absolute atomic E-state index is 0.434. The number of hydrogen-bond acceptors (Lipinski definition) is 4. The fraction of sp³-hybridized carbons (Fsp3) is 0.722. The summed E-state index contributed by atoms with van der Waals surface area (Å²) in [6.07, 6.45) is 2.62. The van der Waals surface area contributed by atoms with E-state index in [-0.39, 0.29) is 0 Å². The maximum Gasteiger partial charge on any atom is 0.191 e. The highest BCUT2D eigenvalue weighted by atomic mass is 32.1. The summed E-state index contributed by atoms with van der Waals surface area (Å²) < 4.78 is 5.60. The zero-order chi connectivity index (χ0) is 17.2. The first-order valence-corrected chi connectivity index (χ1v) is 9.88. The van der Waals surface area contributed by atoms with Crippen LogP contribution >= 0.6 is 11.3 Å². The van der Waals surface area contributed by atoms with E-state index >= 15 is 0 Å². The Bertz CT molecular complexity index is 469. The second-order valence-corrected chi connectivity index (χ2v) is 7.60. The maximum absolute atomic E-state index is 5.60. The second kappa shape index (κ2) is 10.7. The fourth-order valence-corrected chi connectivity index (χ4v) is 3.78.